The molecule has 0 aromatic heterocycles. The minimum absolute atomic E-state index is 0.230. The van der Waals surface area contributed by atoms with Crippen LogP contribution in [-0.4, -0.2) is 37.1 Å². The average molecular weight is 418 g/mol. The molecule has 1 saturated carbocycles. The lowest BCUT2D eigenvalue weighted by atomic mass is 9.58. The smallest absolute Gasteiger partial charge is 0.201 e. The van der Waals surface area contributed by atoms with Gasteiger partial charge in [0.25, 0.3) is 0 Å². The van der Waals surface area contributed by atoms with Crippen LogP contribution in [0.1, 0.15) is 52.9 Å². The summed E-state index contributed by atoms with van der Waals surface area (Å²) in [6, 6.07) is 10.3. The summed E-state index contributed by atoms with van der Waals surface area (Å²) in [4.78, 5) is 12.1. The summed E-state index contributed by atoms with van der Waals surface area (Å²) in [7, 11) is 0. The topological polar surface area (TPSA) is 58.2 Å². The minimum Gasteiger partial charge on any atom is -0.385 e. The van der Waals surface area contributed by atoms with Crippen molar-refractivity contribution >= 4 is 5.69 Å². The summed E-state index contributed by atoms with van der Waals surface area (Å²) in [6.07, 6.45) is 4.40. The van der Waals surface area contributed by atoms with Crippen LogP contribution in [0.15, 0.2) is 30.3 Å². The molecule has 4 aliphatic heterocycles. The lowest BCUT2D eigenvalue weighted by Crippen LogP contribution is -2.70. The number of benzene rings is 1. The summed E-state index contributed by atoms with van der Waals surface area (Å²) >= 11 is 0. The highest BCUT2D eigenvalue weighted by atomic mass is 17.3. The number of hydrogen-bond acceptors (Lipinski definition) is 6. The first-order valence-electron chi connectivity index (χ1n) is 11.6. The molecule has 1 aliphatic carbocycles. The molecule has 8 atom stereocenters. The highest BCUT2D eigenvalue weighted by molar-refractivity contribution is 5.42. The molecule has 6 nitrogen and oxygen atoms in total. The van der Waals surface area contributed by atoms with Gasteiger partial charge in [0.05, 0.1) is 6.61 Å². The van der Waals surface area contributed by atoms with Crippen LogP contribution >= 0.6 is 0 Å². The number of ether oxygens (including phenoxy) is 3. The molecule has 166 valence electrons. The van der Waals surface area contributed by atoms with Crippen molar-refractivity contribution in [3.8, 4) is 0 Å². The highest BCUT2D eigenvalue weighted by Gasteiger charge is 2.69. The van der Waals surface area contributed by atoms with Crippen molar-refractivity contribution in [1.82, 2.24) is 0 Å². The van der Waals surface area contributed by atoms with E-state index < -0.39 is 17.7 Å². The second kappa shape index (κ2) is 8.06. The monoisotopic (exact) mass is 417 g/mol. The normalized spacial score (nSPS) is 44.9. The van der Waals surface area contributed by atoms with E-state index in [0.717, 1.165) is 37.9 Å². The summed E-state index contributed by atoms with van der Waals surface area (Å²) in [5.74, 6) is 0.778. The third-order valence-corrected chi connectivity index (χ3v) is 7.80. The van der Waals surface area contributed by atoms with Gasteiger partial charge >= 0.3 is 0 Å². The van der Waals surface area contributed by atoms with Gasteiger partial charge in [-0.15, -0.1) is 0 Å². The molecule has 0 amide bonds. The highest BCUT2D eigenvalue weighted by Crippen LogP contribution is 2.60. The molecule has 30 heavy (non-hydrogen) atoms. The Bertz CT molecular complexity index is 732. The van der Waals surface area contributed by atoms with Crippen molar-refractivity contribution in [1.29, 1.82) is 0 Å². The van der Waals surface area contributed by atoms with Crippen molar-refractivity contribution in [3.63, 3.8) is 0 Å². The van der Waals surface area contributed by atoms with Crippen molar-refractivity contribution in [2.45, 2.75) is 76.8 Å². The van der Waals surface area contributed by atoms with Crippen LogP contribution in [0.2, 0.25) is 0 Å². The molecule has 4 saturated heterocycles. The average Bonchev–Trinajstić information content (AvgIpc) is 2.98. The van der Waals surface area contributed by atoms with E-state index in [1.165, 1.54) is 6.42 Å². The first-order chi connectivity index (χ1) is 14.5. The maximum Gasteiger partial charge on any atom is 0.201 e. The van der Waals surface area contributed by atoms with E-state index in [1.54, 1.807) is 0 Å². The fourth-order valence-electron chi connectivity index (χ4n) is 6.12. The number of nitrogens with one attached hydrogen (secondary N) is 1. The number of hydrogen-bond donors (Lipinski definition) is 1. The van der Waals surface area contributed by atoms with Crippen molar-refractivity contribution in [2.75, 3.05) is 18.5 Å². The molecule has 0 radical (unpaired) electrons. The molecule has 0 unspecified atom stereocenters. The van der Waals surface area contributed by atoms with Gasteiger partial charge in [0.15, 0.2) is 18.2 Å². The predicted octanol–water partition coefficient (Wildman–Crippen LogP) is 4.71. The molecule has 1 aromatic carbocycles. The van der Waals surface area contributed by atoms with Crippen LogP contribution in [0.3, 0.4) is 0 Å². The predicted molar refractivity (Wildman–Crippen MR) is 112 cm³/mol. The van der Waals surface area contributed by atoms with Gasteiger partial charge in [0.1, 0.15) is 0 Å². The van der Waals surface area contributed by atoms with Crippen molar-refractivity contribution in [3.05, 3.63) is 30.3 Å². The van der Waals surface area contributed by atoms with E-state index in [-0.39, 0.29) is 12.2 Å². The zero-order valence-electron chi connectivity index (χ0n) is 18.3. The largest absolute Gasteiger partial charge is 0.385 e. The molecule has 1 spiro atoms. The lowest BCUT2D eigenvalue weighted by molar-refractivity contribution is -0.577. The maximum absolute atomic E-state index is 6.45. The van der Waals surface area contributed by atoms with Gasteiger partial charge in [-0.1, -0.05) is 32.0 Å². The Balaban J connectivity index is 1.24. The van der Waals surface area contributed by atoms with Gasteiger partial charge in [0, 0.05) is 30.5 Å². The third-order valence-electron chi connectivity index (χ3n) is 7.80. The number of fused-ring (bicyclic) bond motifs is 2. The first-order valence-corrected chi connectivity index (χ1v) is 11.6. The summed E-state index contributed by atoms with van der Waals surface area (Å²) in [5.41, 5.74) is 0.624. The summed E-state index contributed by atoms with van der Waals surface area (Å²) in [6.45, 7) is 8.05. The van der Waals surface area contributed by atoms with Crippen LogP contribution in [0, 0.1) is 23.7 Å². The van der Waals surface area contributed by atoms with Crippen molar-refractivity contribution < 1.29 is 24.0 Å². The van der Waals surface area contributed by atoms with Crippen molar-refractivity contribution in [2.24, 2.45) is 23.7 Å². The molecular weight excluding hydrogens is 382 g/mol. The van der Waals surface area contributed by atoms with Crippen LogP contribution in [0.25, 0.3) is 0 Å². The Morgan fingerprint density at radius 3 is 2.73 bits per heavy atom. The third kappa shape index (κ3) is 3.47. The Hall–Kier alpha value is -1.18. The molecule has 5 fully saturated rings. The molecule has 5 aliphatic rings. The summed E-state index contributed by atoms with van der Waals surface area (Å²) in [5, 5.41) is 3.43. The zero-order chi connectivity index (χ0) is 20.8. The van der Waals surface area contributed by atoms with E-state index in [9.17, 15) is 0 Å². The fourth-order valence-corrected chi connectivity index (χ4v) is 6.12. The van der Waals surface area contributed by atoms with E-state index in [2.05, 4.69) is 31.3 Å². The van der Waals surface area contributed by atoms with E-state index in [0.29, 0.717) is 24.4 Å². The van der Waals surface area contributed by atoms with E-state index in [1.807, 2.05) is 25.1 Å². The van der Waals surface area contributed by atoms with E-state index in [4.69, 9.17) is 24.0 Å². The van der Waals surface area contributed by atoms with Gasteiger partial charge in [-0.2, -0.15) is 0 Å². The number of rotatable bonds is 6. The number of anilines is 1. The Labute approximate surface area is 179 Å². The Morgan fingerprint density at radius 1 is 1.07 bits per heavy atom. The molecule has 6 rings (SSSR count). The van der Waals surface area contributed by atoms with Gasteiger partial charge in [-0.25, -0.2) is 9.78 Å². The van der Waals surface area contributed by atoms with Gasteiger partial charge in [-0.3, -0.25) is 0 Å². The quantitative estimate of drug-likeness (QED) is 0.534. The second-order valence-corrected chi connectivity index (χ2v) is 9.79. The first kappa shape index (κ1) is 20.7. The van der Waals surface area contributed by atoms with Gasteiger partial charge in [-0.05, 0) is 56.6 Å². The lowest BCUT2D eigenvalue weighted by Gasteiger charge is -2.60. The molecule has 2 bridgehead atoms. The summed E-state index contributed by atoms with van der Waals surface area (Å²) < 4.78 is 19.1. The van der Waals surface area contributed by atoms with Gasteiger partial charge < -0.3 is 19.5 Å². The number of para-hydroxylation sites is 1. The van der Waals surface area contributed by atoms with Crippen LogP contribution < -0.4 is 5.32 Å². The molecule has 1 N–H and O–H groups in total. The van der Waals surface area contributed by atoms with Crippen LogP contribution in [0.4, 0.5) is 5.69 Å². The van der Waals surface area contributed by atoms with Crippen LogP contribution in [-0.2, 0) is 24.0 Å². The Kier molecular flexibility index (Phi) is 5.57. The van der Waals surface area contributed by atoms with E-state index >= 15 is 0 Å². The Morgan fingerprint density at radius 2 is 1.90 bits per heavy atom. The second-order valence-electron chi connectivity index (χ2n) is 9.79. The molecule has 4 heterocycles. The fraction of sp³-hybridized carbons (Fsp3) is 0.750. The van der Waals surface area contributed by atoms with Crippen LogP contribution in [0.5, 0.6) is 0 Å². The minimum atomic E-state index is -0.734. The molecule has 6 heteroatoms. The SMILES string of the molecule is C[C@H]1[C@@H](OCCCNc2ccccc2)O[C@@H]2O[C@]3(C)CC[C@H]4[C@H](C)CC[C@@H]1[C@@]24OO3. The molecule has 1 aromatic rings. The molecular formula is C24H35NO5. The standard InChI is InChI=1S/C24H35NO5/c1-16-10-11-20-17(2)21(26-15-7-14-25-18-8-5-4-6-9-18)27-22-24(20)19(16)12-13-23(3,28-22)29-30-24/h4-6,8-9,16-17,19-22,25H,7,10-15H2,1-3H3/t16-,17-,19+,20+,21+,22-,23+,24-/m1/s1. The maximum atomic E-state index is 6.45. The van der Waals surface area contributed by atoms with Gasteiger partial charge in [0.2, 0.25) is 5.79 Å². The zero-order valence-corrected chi connectivity index (χ0v) is 18.3.